The summed E-state index contributed by atoms with van der Waals surface area (Å²) in [7, 11) is 0. The molecule has 0 amide bonds. The molecule has 0 bridgehead atoms. The third-order valence-corrected chi connectivity index (χ3v) is 14.0. The molecule has 70 heavy (non-hydrogen) atoms. The van der Waals surface area contributed by atoms with Crippen LogP contribution in [0.4, 0.5) is 0 Å². The maximum Gasteiger partial charge on any atom is 0.227 e. The van der Waals surface area contributed by atoms with E-state index in [2.05, 4.69) is 213 Å². The van der Waals surface area contributed by atoms with Crippen LogP contribution in [0.2, 0.25) is 0 Å². The third-order valence-electron chi connectivity index (χ3n) is 14.0. The van der Waals surface area contributed by atoms with Gasteiger partial charge in [-0.25, -0.2) is 4.98 Å². The average molecular weight is 897 g/mol. The topological polar surface area (TPSA) is 44.2 Å². The summed E-state index contributed by atoms with van der Waals surface area (Å²) in [5.41, 5.74) is 18.7. The molecule has 2 aliphatic heterocycles. The monoisotopic (exact) mass is 896 g/mol. The quantitative estimate of drug-likeness (QED) is 0.160. The maximum absolute atomic E-state index is 6.90. The van der Waals surface area contributed by atoms with E-state index in [9.17, 15) is 0 Å². The van der Waals surface area contributed by atoms with Crippen LogP contribution in [0.15, 0.2) is 249 Å². The number of hydrogen-bond donors (Lipinski definition) is 0. The number of rotatable bonds is 7. The predicted molar refractivity (Wildman–Crippen MR) is 283 cm³/mol. The minimum Gasteiger partial charge on any atom is -0.457 e. The van der Waals surface area contributed by atoms with Gasteiger partial charge in [0, 0.05) is 28.5 Å². The van der Waals surface area contributed by atoms with Crippen molar-refractivity contribution < 1.29 is 9.47 Å². The van der Waals surface area contributed by atoms with E-state index in [0.29, 0.717) is 11.7 Å². The maximum atomic E-state index is 6.90. The molecule has 10 aromatic carbocycles. The Labute approximate surface area is 407 Å². The molecule has 11 aromatic rings. The summed E-state index contributed by atoms with van der Waals surface area (Å²) < 4.78 is 13.5. The number of ether oxygens (including phenoxy) is 2. The second kappa shape index (κ2) is 16.9. The van der Waals surface area contributed by atoms with Crippen molar-refractivity contribution in [2.45, 2.75) is 12.3 Å². The number of fused-ring (bicyclic) bond motifs is 8. The van der Waals surface area contributed by atoms with Gasteiger partial charge in [-0.05, 0) is 104 Å². The number of aryl methyl sites for hydroxylation is 1. The van der Waals surface area contributed by atoms with Crippen LogP contribution >= 0.6 is 0 Å². The zero-order valence-electron chi connectivity index (χ0n) is 38.4. The van der Waals surface area contributed by atoms with Crippen molar-refractivity contribution in [1.29, 1.82) is 0 Å². The first-order valence-electron chi connectivity index (χ1n) is 23.8. The van der Waals surface area contributed by atoms with E-state index in [0.717, 1.165) is 112 Å². The molecule has 0 saturated carbocycles. The van der Waals surface area contributed by atoms with Crippen molar-refractivity contribution in [2.24, 2.45) is 0 Å². The highest BCUT2D eigenvalue weighted by Gasteiger charge is 2.51. The van der Waals surface area contributed by atoms with Gasteiger partial charge in [-0.3, -0.25) is 0 Å². The van der Waals surface area contributed by atoms with Gasteiger partial charge in [0.2, 0.25) is 5.88 Å². The fourth-order valence-electron chi connectivity index (χ4n) is 11.0. The van der Waals surface area contributed by atoms with Gasteiger partial charge in [0.1, 0.15) is 17.2 Å². The first kappa shape index (κ1) is 41.1. The zero-order valence-corrected chi connectivity index (χ0v) is 38.4. The molecule has 330 valence electrons. The lowest BCUT2D eigenvalue weighted by Gasteiger charge is -2.44. The van der Waals surface area contributed by atoms with Crippen molar-refractivity contribution in [3.05, 3.63) is 277 Å². The summed E-state index contributed by atoms with van der Waals surface area (Å²) in [4.78, 5) is 10.8. The van der Waals surface area contributed by atoms with E-state index in [4.69, 9.17) is 19.4 Å². The molecule has 0 fully saturated rings. The SMILES string of the molecule is Cc1ccc(-c2c(-c3ccccc3)c(-c3ccccc3)c(-c3ccccc3)c(-c3ccccc3)c2-c2ccccc2)cc1-c1ncc2c(n1)Oc1ccccc1C21c2ccccc2Oc2ccccc21. The Balaban J connectivity index is 1.12. The number of hydrogen-bond acceptors (Lipinski definition) is 4. The summed E-state index contributed by atoms with van der Waals surface area (Å²) in [5.74, 6) is 3.43. The molecule has 0 saturated heterocycles. The fraction of sp³-hybridized carbons (Fsp3) is 0.0303. The Hall–Kier alpha value is -9.12. The van der Waals surface area contributed by atoms with E-state index >= 15 is 0 Å². The molecule has 0 N–H and O–H groups in total. The van der Waals surface area contributed by atoms with Crippen LogP contribution in [-0.2, 0) is 5.41 Å². The second-order valence-corrected chi connectivity index (χ2v) is 18.0. The Kier molecular flexibility index (Phi) is 9.91. The van der Waals surface area contributed by atoms with Crippen LogP contribution < -0.4 is 9.47 Å². The highest BCUT2D eigenvalue weighted by molar-refractivity contribution is 6.15. The van der Waals surface area contributed by atoms with Crippen molar-refractivity contribution >= 4 is 0 Å². The van der Waals surface area contributed by atoms with E-state index < -0.39 is 5.41 Å². The second-order valence-electron chi connectivity index (χ2n) is 18.0. The van der Waals surface area contributed by atoms with E-state index in [1.807, 2.05) is 42.6 Å². The summed E-state index contributed by atoms with van der Waals surface area (Å²) in [5, 5.41) is 0. The molecule has 3 heterocycles. The zero-order chi connectivity index (χ0) is 46.6. The summed E-state index contributed by atoms with van der Waals surface area (Å²) in [6, 6.07) is 86.1. The Morgan fingerprint density at radius 3 is 1.07 bits per heavy atom. The molecular formula is C66H44N2O2. The number of aromatic nitrogens is 2. The van der Waals surface area contributed by atoms with Gasteiger partial charge in [0.15, 0.2) is 5.82 Å². The standard InChI is InChI=1S/C66H44N2O2/c1-43-39-40-49(41-50(43)64-67-42-54-65(68-64)70-57-38-22-19-35-53(57)66(54)51-33-17-20-36-55(51)69-56-37-21-18-34-52(56)66)63-61(47-29-13-5-14-30-47)59(45-25-9-3-10-26-45)58(44-23-7-2-8-24-44)60(46-27-11-4-12-28-46)62(63)48-31-15-6-16-32-48/h2-42H,1H3. The lowest BCUT2D eigenvalue weighted by molar-refractivity contribution is 0.388. The first-order valence-corrected chi connectivity index (χ1v) is 23.8. The molecule has 13 rings (SSSR count). The Bertz CT molecular complexity index is 3590. The number of para-hydroxylation sites is 3. The molecule has 0 unspecified atom stereocenters. The van der Waals surface area contributed by atoms with Crippen molar-refractivity contribution in [3.8, 4) is 101 Å². The first-order chi connectivity index (χ1) is 34.7. The average Bonchev–Trinajstić information content (AvgIpc) is 3.43. The van der Waals surface area contributed by atoms with Crippen molar-refractivity contribution in [1.82, 2.24) is 9.97 Å². The smallest absolute Gasteiger partial charge is 0.227 e. The van der Waals surface area contributed by atoms with Gasteiger partial charge >= 0.3 is 0 Å². The van der Waals surface area contributed by atoms with Crippen molar-refractivity contribution in [2.75, 3.05) is 0 Å². The number of nitrogens with zero attached hydrogens (tertiary/aromatic N) is 2. The Morgan fingerprint density at radius 1 is 0.329 bits per heavy atom. The molecule has 2 aliphatic rings. The minimum absolute atomic E-state index is 0.514. The van der Waals surface area contributed by atoms with Crippen LogP contribution in [0, 0.1) is 6.92 Å². The molecule has 1 spiro atoms. The van der Waals surface area contributed by atoms with Crippen LogP contribution in [0.1, 0.15) is 27.8 Å². The molecule has 4 nitrogen and oxygen atoms in total. The lowest BCUT2D eigenvalue weighted by Crippen LogP contribution is -2.37. The van der Waals surface area contributed by atoms with E-state index in [-0.39, 0.29) is 0 Å². The molecule has 4 heteroatoms. The summed E-state index contributed by atoms with van der Waals surface area (Å²) in [6.07, 6.45) is 1.99. The fourth-order valence-corrected chi connectivity index (χ4v) is 11.0. The largest absolute Gasteiger partial charge is 0.457 e. The van der Waals surface area contributed by atoms with Gasteiger partial charge in [-0.2, -0.15) is 4.98 Å². The predicted octanol–water partition coefficient (Wildman–Crippen LogP) is 17.0. The van der Waals surface area contributed by atoms with Crippen LogP contribution in [0.3, 0.4) is 0 Å². The third kappa shape index (κ3) is 6.52. The molecular weight excluding hydrogens is 853 g/mol. The summed E-state index contributed by atoms with van der Waals surface area (Å²) in [6.45, 7) is 2.14. The Morgan fingerprint density at radius 2 is 0.671 bits per heavy atom. The van der Waals surface area contributed by atoms with Gasteiger partial charge in [0.25, 0.3) is 0 Å². The van der Waals surface area contributed by atoms with Gasteiger partial charge in [-0.1, -0.05) is 218 Å². The van der Waals surface area contributed by atoms with E-state index in [1.165, 1.54) is 5.56 Å². The van der Waals surface area contributed by atoms with Gasteiger partial charge in [0.05, 0.1) is 11.0 Å². The molecule has 0 radical (unpaired) electrons. The van der Waals surface area contributed by atoms with Crippen LogP contribution in [-0.4, -0.2) is 9.97 Å². The lowest BCUT2D eigenvalue weighted by atomic mass is 9.63. The minimum atomic E-state index is -0.789. The molecule has 1 aromatic heterocycles. The number of benzene rings is 10. The van der Waals surface area contributed by atoms with Gasteiger partial charge < -0.3 is 9.47 Å². The van der Waals surface area contributed by atoms with Gasteiger partial charge in [-0.15, -0.1) is 0 Å². The molecule has 0 aliphatic carbocycles. The van der Waals surface area contributed by atoms with Crippen LogP contribution in [0.5, 0.6) is 23.1 Å². The van der Waals surface area contributed by atoms with Crippen LogP contribution in [0.25, 0.3) is 78.1 Å². The summed E-state index contributed by atoms with van der Waals surface area (Å²) >= 11 is 0. The van der Waals surface area contributed by atoms with Crippen molar-refractivity contribution in [3.63, 3.8) is 0 Å². The normalized spacial score (nSPS) is 12.7. The highest BCUT2D eigenvalue weighted by Crippen LogP contribution is 2.61. The molecule has 0 atom stereocenters. The highest BCUT2D eigenvalue weighted by atomic mass is 16.5. The van der Waals surface area contributed by atoms with E-state index in [1.54, 1.807) is 0 Å².